The van der Waals surface area contributed by atoms with E-state index in [-0.39, 0.29) is 19.3 Å². The number of hydrogen-bond acceptors (Lipinski definition) is 8. The average molecular weight is 662 g/mol. The Morgan fingerprint density at radius 3 is 2.33 bits per heavy atom. The maximum absolute atomic E-state index is 13.3. The molecule has 0 bridgehead atoms. The summed E-state index contributed by atoms with van der Waals surface area (Å²) < 4.78 is 73.3. The summed E-state index contributed by atoms with van der Waals surface area (Å²) in [6.07, 6.45) is 7.46. The van der Waals surface area contributed by atoms with Gasteiger partial charge in [0.15, 0.2) is 9.84 Å². The molecule has 5 heterocycles. The highest BCUT2D eigenvalue weighted by Crippen LogP contribution is 2.51. The molecule has 0 saturated heterocycles. The normalized spacial score (nSPS) is 25.0. The second-order valence-electron chi connectivity index (χ2n) is 13.7. The van der Waals surface area contributed by atoms with Crippen LogP contribution in [0.2, 0.25) is 0 Å². The van der Waals surface area contributed by atoms with E-state index < -0.39 is 41.6 Å². The van der Waals surface area contributed by atoms with Gasteiger partial charge in [-0.2, -0.15) is 18.9 Å². The van der Waals surface area contributed by atoms with Crippen LogP contribution >= 0.6 is 0 Å². The third kappa shape index (κ3) is 4.44. The van der Waals surface area contributed by atoms with Gasteiger partial charge in [0.25, 0.3) is 10.1 Å². The summed E-state index contributed by atoms with van der Waals surface area (Å²) in [6, 6.07) is 7.45. The van der Waals surface area contributed by atoms with Crippen LogP contribution in [-0.2, 0) is 45.6 Å². The highest BCUT2D eigenvalue weighted by molar-refractivity contribution is 7.93. The van der Waals surface area contributed by atoms with Crippen LogP contribution in [0.1, 0.15) is 72.8 Å². The molecule has 12 heteroatoms. The number of fused-ring (bicyclic) bond motifs is 4. The summed E-state index contributed by atoms with van der Waals surface area (Å²) in [5.41, 5.74) is 7.67. The first kappa shape index (κ1) is 29.9. The molecular weight excluding hydrogens is 625 g/mol. The molecule has 1 saturated carbocycles. The van der Waals surface area contributed by atoms with Gasteiger partial charge in [-0.3, -0.25) is 4.55 Å². The topological polar surface area (TPSA) is 152 Å². The van der Waals surface area contributed by atoms with Crippen molar-refractivity contribution in [2.75, 3.05) is 31.1 Å². The standard InChI is InChI=1S/C34H36N4O6S2/c35-18-23(19-36)45(39,40)22-9-10-24(29(17-22)46(41,42)43)30-27-15-20-5-1-11-37-13-3-7-25(31(20)37)33(27)44-34-26-8-4-14-38-12-2-6-21(32(26)38)16-28(30)34/h15-16,22-24,29H,1-14,17H2/p+1. The molecule has 5 aliphatic heterocycles. The van der Waals surface area contributed by atoms with Gasteiger partial charge in [0.2, 0.25) is 10.6 Å². The summed E-state index contributed by atoms with van der Waals surface area (Å²) in [7, 11) is -9.01. The van der Waals surface area contributed by atoms with E-state index in [2.05, 4.69) is 21.6 Å². The maximum Gasteiger partial charge on any atom is 0.268 e. The third-order valence-corrected chi connectivity index (χ3v) is 14.8. The van der Waals surface area contributed by atoms with E-state index in [0.29, 0.717) is 0 Å². The largest absolute Gasteiger partial charge is 0.455 e. The van der Waals surface area contributed by atoms with E-state index in [4.69, 9.17) is 4.74 Å². The van der Waals surface area contributed by atoms with Crippen LogP contribution in [0.15, 0.2) is 12.1 Å². The first-order chi connectivity index (χ1) is 22.1. The lowest BCUT2D eigenvalue weighted by Crippen LogP contribution is -2.47. The summed E-state index contributed by atoms with van der Waals surface area (Å²) in [4.78, 5) is 2.45. The molecule has 3 unspecified atom stereocenters. The van der Waals surface area contributed by atoms with E-state index in [1.807, 2.05) is 0 Å². The molecule has 0 aromatic heterocycles. The molecular formula is C34H37N4O6S2+. The first-order valence-electron chi connectivity index (χ1n) is 16.5. The minimum absolute atomic E-state index is 0.0883. The molecule has 6 aliphatic rings. The first-order valence-corrected chi connectivity index (χ1v) is 19.6. The minimum atomic E-state index is -4.73. The van der Waals surface area contributed by atoms with Gasteiger partial charge in [-0.05, 0) is 81.1 Å². The predicted molar refractivity (Wildman–Crippen MR) is 172 cm³/mol. The molecule has 2 aromatic rings. The monoisotopic (exact) mass is 661 g/mol. The lowest BCUT2D eigenvalue weighted by atomic mass is 9.75. The molecule has 2 aromatic carbocycles. The smallest absolute Gasteiger partial charge is 0.268 e. The van der Waals surface area contributed by atoms with E-state index >= 15 is 0 Å². The van der Waals surface area contributed by atoms with Crippen molar-refractivity contribution in [3.8, 4) is 23.6 Å². The van der Waals surface area contributed by atoms with E-state index in [9.17, 15) is 31.9 Å². The van der Waals surface area contributed by atoms with Gasteiger partial charge in [-0.25, -0.2) is 13.0 Å². The fraction of sp³-hybridized carbons (Fsp3) is 0.559. The van der Waals surface area contributed by atoms with E-state index in [1.165, 1.54) is 22.2 Å². The fourth-order valence-corrected chi connectivity index (χ4v) is 12.3. The molecule has 1 aliphatic carbocycles. The number of hydrogen-bond donors (Lipinski definition) is 1. The molecule has 240 valence electrons. The van der Waals surface area contributed by atoms with Crippen LogP contribution in [0, 0.1) is 28.6 Å². The molecule has 8 rings (SSSR count). The predicted octanol–water partition coefficient (Wildman–Crippen LogP) is 2.33. The van der Waals surface area contributed by atoms with Crippen molar-refractivity contribution in [3.63, 3.8) is 0 Å². The van der Waals surface area contributed by atoms with Crippen LogP contribution in [0.25, 0.3) is 5.57 Å². The zero-order valence-corrected chi connectivity index (χ0v) is 27.3. The molecule has 0 spiro atoms. The van der Waals surface area contributed by atoms with Gasteiger partial charge in [-0.15, -0.1) is 0 Å². The summed E-state index contributed by atoms with van der Waals surface area (Å²) in [6.45, 7) is 3.98. The van der Waals surface area contributed by atoms with Crippen molar-refractivity contribution >= 4 is 31.2 Å². The van der Waals surface area contributed by atoms with Crippen LogP contribution < -0.4 is 24.8 Å². The van der Waals surface area contributed by atoms with Crippen molar-refractivity contribution in [2.45, 2.75) is 86.4 Å². The zero-order valence-electron chi connectivity index (χ0n) is 25.7. The van der Waals surface area contributed by atoms with Gasteiger partial charge in [-0.1, -0.05) is 0 Å². The van der Waals surface area contributed by atoms with Crippen LogP contribution in [0.4, 0.5) is 5.69 Å². The molecule has 10 nitrogen and oxygen atoms in total. The lowest BCUT2D eigenvalue weighted by molar-refractivity contribution is 0.378. The van der Waals surface area contributed by atoms with Gasteiger partial charge in [0.05, 0.1) is 28.2 Å². The maximum atomic E-state index is 13.3. The molecule has 3 atom stereocenters. The molecule has 1 fully saturated rings. The Kier molecular flexibility index (Phi) is 7.02. The van der Waals surface area contributed by atoms with Gasteiger partial charge < -0.3 is 9.64 Å². The third-order valence-electron chi connectivity index (χ3n) is 11.3. The number of anilines is 1. The highest BCUT2D eigenvalue weighted by atomic mass is 32.2. The minimum Gasteiger partial charge on any atom is -0.455 e. The summed E-state index contributed by atoms with van der Waals surface area (Å²) in [5.74, 6) is 0.845. The summed E-state index contributed by atoms with van der Waals surface area (Å²) >= 11 is 0. The second-order valence-corrected chi connectivity index (χ2v) is 17.7. The van der Waals surface area contributed by atoms with Crippen molar-refractivity contribution < 1.29 is 26.1 Å². The molecule has 0 amide bonds. The molecule has 46 heavy (non-hydrogen) atoms. The quantitative estimate of drug-likeness (QED) is 0.385. The van der Waals surface area contributed by atoms with Gasteiger partial charge in [0.1, 0.15) is 24.6 Å². The number of rotatable bonds is 4. The molecule has 1 N–H and O–H groups in total. The SMILES string of the molecule is N#CC(C#N)S(=O)(=O)C1CCC(C2=c3cc4c5c(c3Oc3c2cc2c6c3CCCN6CCC2)CCC[N+]=5CCC4)C(S(=O)(=O)O)C1. The number of sulfone groups is 1. The van der Waals surface area contributed by atoms with E-state index in [1.54, 1.807) is 12.1 Å². The Hall–Kier alpha value is -3.45. The zero-order chi connectivity index (χ0) is 32.0. The van der Waals surface area contributed by atoms with Gasteiger partial charge in [0, 0.05) is 59.4 Å². The van der Waals surface area contributed by atoms with Crippen LogP contribution in [-0.4, -0.2) is 63.3 Å². The average Bonchev–Trinajstić information content (AvgIpc) is 3.04. The second kappa shape index (κ2) is 10.8. The number of nitrogens with zero attached hydrogens (tertiary/aromatic N) is 4. The Labute approximate surface area is 269 Å². The van der Waals surface area contributed by atoms with Gasteiger partial charge >= 0.3 is 0 Å². The number of aryl methyl sites for hydroxylation is 2. The Morgan fingerprint density at radius 2 is 1.59 bits per heavy atom. The summed E-state index contributed by atoms with van der Waals surface area (Å²) in [5, 5.41) is 16.3. The number of benzene rings is 2. The Balaban J connectivity index is 1.40. The van der Waals surface area contributed by atoms with Crippen molar-refractivity contribution in [1.82, 2.24) is 4.58 Å². The van der Waals surface area contributed by atoms with Crippen LogP contribution in [0.5, 0.6) is 11.5 Å². The molecule has 0 radical (unpaired) electrons. The number of ether oxygens (including phenoxy) is 1. The van der Waals surface area contributed by atoms with E-state index in [0.717, 1.165) is 117 Å². The Bertz CT molecular complexity index is 2110. The Morgan fingerprint density at radius 1 is 0.891 bits per heavy atom. The van der Waals surface area contributed by atoms with Crippen molar-refractivity contribution in [2.24, 2.45) is 5.92 Å². The number of nitriles is 2. The van der Waals surface area contributed by atoms with Crippen molar-refractivity contribution in [1.29, 1.82) is 10.5 Å². The lowest BCUT2D eigenvalue weighted by Gasteiger charge is -2.41. The highest BCUT2D eigenvalue weighted by Gasteiger charge is 2.48. The fourth-order valence-electron chi connectivity index (χ4n) is 9.36. The van der Waals surface area contributed by atoms with Crippen molar-refractivity contribution in [3.05, 3.63) is 50.5 Å². The van der Waals surface area contributed by atoms with Crippen LogP contribution in [0.3, 0.4) is 0 Å².